The highest BCUT2D eigenvalue weighted by Crippen LogP contribution is 2.31. The second kappa shape index (κ2) is 8.31. The average molecular weight is 453 g/mol. The number of carbonyl (C=O) groups excluding carboxylic acids is 2. The van der Waals surface area contributed by atoms with Crippen molar-refractivity contribution in [2.24, 2.45) is 0 Å². The van der Waals surface area contributed by atoms with Gasteiger partial charge in [-0.25, -0.2) is 8.42 Å². The number of pyridine rings is 1. The van der Waals surface area contributed by atoms with Crippen LogP contribution in [0.2, 0.25) is 0 Å². The van der Waals surface area contributed by atoms with Gasteiger partial charge >= 0.3 is 0 Å². The lowest BCUT2D eigenvalue weighted by molar-refractivity contribution is 0.0640. The van der Waals surface area contributed by atoms with Gasteiger partial charge in [0.1, 0.15) is 17.2 Å². The van der Waals surface area contributed by atoms with Crippen molar-refractivity contribution in [3.8, 4) is 11.5 Å². The van der Waals surface area contributed by atoms with Gasteiger partial charge in [-0.2, -0.15) is 0 Å². The molecule has 0 atom stereocenters. The van der Waals surface area contributed by atoms with E-state index in [-0.39, 0.29) is 28.4 Å². The van der Waals surface area contributed by atoms with Crippen molar-refractivity contribution in [2.45, 2.75) is 11.4 Å². The molecule has 0 aliphatic carbocycles. The molecule has 10 heteroatoms. The molecule has 0 radical (unpaired) electrons. The number of fused-ring (bicyclic) bond motifs is 1. The number of hydrogen-bond acceptors (Lipinski definition) is 7. The number of aromatic nitrogens is 1. The van der Waals surface area contributed by atoms with Gasteiger partial charge in [0, 0.05) is 12.3 Å². The Bertz CT molecular complexity index is 1270. The Morgan fingerprint density at radius 3 is 2.38 bits per heavy atom. The number of methoxy groups -OCH3 is 2. The van der Waals surface area contributed by atoms with Crippen molar-refractivity contribution in [2.75, 3.05) is 18.9 Å². The number of carbonyl (C=O) groups is 2. The molecular formula is C22H19N3O6S. The number of nitrogens with one attached hydrogen (secondary N) is 1. The monoisotopic (exact) mass is 453 g/mol. The van der Waals surface area contributed by atoms with Crippen LogP contribution in [0.25, 0.3) is 0 Å². The standard InChI is InChI=1S/C22H19N3O6S/c1-30-15-7-10-18(19(12-15)31-2)24-32(28,29)16-8-5-14(6-9-16)13-25-21(26)17-4-3-11-23-20(17)22(25)27/h3-12,24H,13H2,1-2H3. The summed E-state index contributed by atoms with van der Waals surface area (Å²) in [5.41, 5.74) is 1.24. The van der Waals surface area contributed by atoms with Gasteiger partial charge in [0.05, 0.1) is 36.9 Å². The molecule has 4 rings (SSSR count). The first-order valence-corrected chi connectivity index (χ1v) is 11.0. The van der Waals surface area contributed by atoms with Gasteiger partial charge in [-0.1, -0.05) is 12.1 Å². The molecule has 0 spiro atoms. The molecule has 164 valence electrons. The molecule has 1 aromatic heterocycles. The van der Waals surface area contributed by atoms with Crippen molar-refractivity contribution in [1.82, 2.24) is 9.88 Å². The van der Waals surface area contributed by atoms with E-state index in [0.717, 1.165) is 4.90 Å². The highest BCUT2D eigenvalue weighted by molar-refractivity contribution is 7.92. The van der Waals surface area contributed by atoms with Crippen molar-refractivity contribution < 1.29 is 27.5 Å². The number of hydrogen-bond donors (Lipinski definition) is 1. The molecule has 0 bridgehead atoms. The molecule has 0 saturated carbocycles. The van der Waals surface area contributed by atoms with E-state index in [9.17, 15) is 18.0 Å². The minimum Gasteiger partial charge on any atom is -0.497 e. The summed E-state index contributed by atoms with van der Waals surface area (Å²) in [5, 5.41) is 0. The van der Waals surface area contributed by atoms with Crippen LogP contribution in [-0.4, -0.2) is 44.3 Å². The van der Waals surface area contributed by atoms with Crippen molar-refractivity contribution in [1.29, 1.82) is 0 Å². The SMILES string of the molecule is COc1ccc(NS(=O)(=O)c2ccc(CN3C(=O)c4cccnc4C3=O)cc2)c(OC)c1. The number of imide groups is 1. The van der Waals surface area contributed by atoms with Crippen LogP contribution in [0.15, 0.2) is 65.7 Å². The Kier molecular flexibility index (Phi) is 5.54. The van der Waals surface area contributed by atoms with Gasteiger partial charge in [0.15, 0.2) is 0 Å². The van der Waals surface area contributed by atoms with E-state index < -0.39 is 21.8 Å². The van der Waals surface area contributed by atoms with Crippen LogP contribution in [0.4, 0.5) is 5.69 Å². The molecule has 2 heterocycles. The molecule has 9 nitrogen and oxygen atoms in total. The van der Waals surface area contributed by atoms with E-state index in [1.54, 1.807) is 42.5 Å². The number of nitrogens with zero attached hydrogens (tertiary/aromatic N) is 2. The van der Waals surface area contributed by atoms with Gasteiger partial charge in [-0.3, -0.25) is 24.2 Å². The Hall–Kier alpha value is -3.92. The van der Waals surface area contributed by atoms with E-state index >= 15 is 0 Å². The minimum absolute atomic E-state index is 0.00802. The Labute approximate surface area is 184 Å². The highest BCUT2D eigenvalue weighted by atomic mass is 32.2. The van der Waals surface area contributed by atoms with E-state index in [0.29, 0.717) is 17.1 Å². The Morgan fingerprint density at radius 1 is 0.969 bits per heavy atom. The molecule has 1 N–H and O–H groups in total. The zero-order valence-corrected chi connectivity index (χ0v) is 18.0. The van der Waals surface area contributed by atoms with Crippen LogP contribution in [0.5, 0.6) is 11.5 Å². The number of sulfonamides is 1. The number of benzene rings is 2. The van der Waals surface area contributed by atoms with Crippen LogP contribution in [0.3, 0.4) is 0 Å². The summed E-state index contributed by atoms with van der Waals surface area (Å²) in [6, 6.07) is 13.8. The first kappa shape index (κ1) is 21.3. The third-order valence-electron chi connectivity index (χ3n) is 4.96. The minimum atomic E-state index is -3.90. The summed E-state index contributed by atoms with van der Waals surface area (Å²) >= 11 is 0. The molecule has 0 fully saturated rings. The van der Waals surface area contributed by atoms with Crippen molar-refractivity contribution in [3.63, 3.8) is 0 Å². The molecular weight excluding hydrogens is 434 g/mol. The first-order chi connectivity index (χ1) is 15.3. The number of rotatable bonds is 7. The molecule has 3 aromatic rings. The molecule has 1 aliphatic rings. The van der Waals surface area contributed by atoms with Gasteiger partial charge in [-0.05, 0) is 42.0 Å². The van der Waals surface area contributed by atoms with E-state index in [1.165, 1.54) is 32.5 Å². The van der Waals surface area contributed by atoms with E-state index in [1.807, 2.05) is 0 Å². The molecule has 32 heavy (non-hydrogen) atoms. The maximum atomic E-state index is 12.8. The summed E-state index contributed by atoms with van der Waals surface area (Å²) in [7, 11) is -0.978. The second-order valence-corrected chi connectivity index (χ2v) is 8.59. The van der Waals surface area contributed by atoms with Gasteiger partial charge < -0.3 is 9.47 Å². The zero-order valence-electron chi connectivity index (χ0n) is 17.2. The van der Waals surface area contributed by atoms with Crippen LogP contribution in [0, 0.1) is 0 Å². The summed E-state index contributed by atoms with van der Waals surface area (Å²) in [6.07, 6.45) is 1.46. The molecule has 1 aliphatic heterocycles. The summed E-state index contributed by atoms with van der Waals surface area (Å²) < 4.78 is 38.5. The largest absolute Gasteiger partial charge is 0.497 e. The highest BCUT2D eigenvalue weighted by Gasteiger charge is 2.36. The lowest BCUT2D eigenvalue weighted by atomic mass is 10.2. The smallest absolute Gasteiger partial charge is 0.280 e. The fourth-order valence-electron chi connectivity index (χ4n) is 3.30. The maximum Gasteiger partial charge on any atom is 0.280 e. The first-order valence-electron chi connectivity index (χ1n) is 9.49. The van der Waals surface area contributed by atoms with Crippen molar-refractivity contribution in [3.05, 3.63) is 77.6 Å². The topological polar surface area (TPSA) is 115 Å². The second-order valence-electron chi connectivity index (χ2n) is 6.91. The van der Waals surface area contributed by atoms with Gasteiger partial charge in [0.25, 0.3) is 21.8 Å². The van der Waals surface area contributed by atoms with Crippen LogP contribution >= 0.6 is 0 Å². The van der Waals surface area contributed by atoms with Gasteiger partial charge in [-0.15, -0.1) is 0 Å². The predicted octanol–water partition coefficient (Wildman–Crippen LogP) is 2.70. The number of amides is 2. The molecule has 2 aromatic carbocycles. The molecule has 0 saturated heterocycles. The van der Waals surface area contributed by atoms with Crippen LogP contribution in [-0.2, 0) is 16.6 Å². The quantitative estimate of drug-likeness (QED) is 0.547. The summed E-state index contributed by atoms with van der Waals surface area (Å²) in [6.45, 7) is 0.00802. The van der Waals surface area contributed by atoms with E-state index in [4.69, 9.17) is 9.47 Å². The molecule has 2 amide bonds. The Balaban J connectivity index is 1.51. The maximum absolute atomic E-state index is 12.8. The normalized spacial score (nSPS) is 13.1. The zero-order chi connectivity index (χ0) is 22.9. The van der Waals surface area contributed by atoms with E-state index in [2.05, 4.69) is 9.71 Å². The van der Waals surface area contributed by atoms with Crippen LogP contribution in [0.1, 0.15) is 26.4 Å². The van der Waals surface area contributed by atoms with Crippen molar-refractivity contribution >= 4 is 27.5 Å². The third-order valence-corrected chi connectivity index (χ3v) is 6.34. The lowest BCUT2D eigenvalue weighted by Crippen LogP contribution is -2.29. The summed E-state index contributed by atoms with van der Waals surface area (Å²) in [4.78, 5) is 30.0. The predicted molar refractivity (Wildman–Crippen MR) is 115 cm³/mol. The Morgan fingerprint density at radius 2 is 1.72 bits per heavy atom. The van der Waals surface area contributed by atoms with Gasteiger partial charge in [0.2, 0.25) is 0 Å². The molecule has 0 unspecified atom stereocenters. The third kappa shape index (κ3) is 3.87. The average Bonchev–Trinajstić information content (AvgIpc) is 3.04. The lowest BCUT2D eigenvalue weighted by Gasteiger charge is -2.15. The van der Waals surface area contributed by atoms with Crippen LogP contribution < -0.4 is 14.2 Å². The fraction of sp³-hybridized carbons (Fsp3) is 0.136. The number of anilines is 1. The fourth-order valence-corrected chi connectivity index (χ4v) is 4.37. The summed E-state index contributed by atoms with van der Waals surface area (Å²) in [5.74, 6) is -0.0695. The number of ether oxygens (including phenoxy) is 2.